The van der Waals surface area contributed by atoms with Crippen molar-refractivity contribution in [2.75, 3.05) is 13.2 Å². The first-order valence-electron chi connectivity index (χ1n) is 7.15. The van der Waals surface area contributed by atoms with Gasteiger partial charge in [0.05, 0.1) is 18.8 Å². The zero-order chi connectivity index (χ0) is 13.9. The Balaban J connectivity index is 1.58. The zero-order valence-electron chi connectivity index (χ0n) is 11.3. The van der Waals surface area contributed by atoms with Gasteiger partial charge in [-0.15, -0.1) is 5.10 Å². The molecular weight excluding hydrogens is 262 g/mol. The molecule has 2 fully saturated rings. The summed E-state index contributed by atoms with van der Waals surface area (Å²) in [4.78, 5) is 11.1. The van der Waals surface area contributed by atoms with Crippen LogP contribution in [0.5, 0.6) is 0 Å². The van der Waals surface area contributed by atoms with Crippen molar-refractivity contribution in [2.24, 2.45) is 0 Å². The fourth-order valence-corrected chi connectivity index (χ4v) is 2.51. The number of hydrogen-bond acceptors (Lipinski definition) is 5. The van der Waals surface area contributed by atoms with Gasteiger partial charge in [-0.05, 0) is 32.1 Å². The van der Waals surface area contributed by atoms with Gasteiger partial charge < -0.3 is 14.6 Å². The highest BCUT2D eigenvalue weighted by atomic mass is 16.7. The first-order chi connectivity index (χ1) is 9.75. The maximum Gasteiger partial charge on any atom is 0.358 e. The van der Waals surface area contributed by atoms with Crippen LogP contribution in [-0.2, 0) is 16.0 Å². The molecule has 1 saturated heterocycles. The van der Waals surface area contributed by atoms with Crippen molar-refractivity contribution >= 4 is 5.97 Å². The van der Waals surface area contributed by atoms with Crippen molar-refractivity contribution < 1.29 is 19.4 Å². The van der Waals surface area contributed by atoms with Crippen molar-refractivity contribution in [2.45, 2.75) is 50.9 Å². The van der Waals surface area contributed by atoms with Gasteiger partial charge in [0.15, 0.2) is 12.0 Å². The number of carbonyl (C=O) groups is 1. The molecule has 2 aliphatic rings. The molecule has 20 heavy (non-hydrogen) atoms. The molecule has 1 unspecified atom stereocenters. The summed E-state index contributed by atoms with van der Waals surface area (Å²) in [7, 11) is 0. The third kappa shape index (κ3) is 2.99. The summed E-state index contributed by atoms with van der Waals surface area (Å²) in [5.74, 6) is -0.711. The van der Waals surface area contributed by atoms with Gasteiger partial charge in [0.25, 0.3) is 0 Å². The summed E-state index contributed by atoms with van der Waals surface area (Å²) in [5.41, 5.74) is 0.826. The lowest BCUT2D eigenvalue weighted by atomic mass is 10.2. The lowest BCUT2D eigenvalue weighted by Gasteiger charge is -2.22. The van der Waals surface area contributed by atoms with E-state index in [1.54, 1.807) is 4.68 Å². The molecule has 3 rings (SSSR count). The Morgan fingerprint density at radius 2 is 2.25 bits per heavy atom. The van der Waals surface area contributed by atoms with Gasteiger partial charge in [-0.25, -0.2) is 9.48 Å². The van der Waals surface area contributed by atoms with E-state index < -0.39 is 5.97 Å². The topological polar surface area (TPSA) is 86.5 Å². The average Bonchev–Trinajstić information content (AvgIpc) is 3.20. The third-order valence-corrected chi connectivity index (χ3v) is 3.68. The molecule has 1 aromatic rings. The molecule has 2 heterocycles. The second-order valence-electron chi connectivity index (χ2n) is 5.29. The van der Waals surface area contributed by atoms with Crippen LogP contribution in [-0.4, -0.2) is 45.6 Å². The van der Waals surface area contributed by atoms with E-state index in [1.807, 2.05) is 0 Å². The van der Waals surface area contributed by atoms with Crippen LogP contribution in [0.15, 0.2) is 0 Å². The maximum absolute atomic E-state index is 11.1. The second-order valence-corrected chi connectivity index (χ2v) is 5.29. The first kappa shape index (κ1) is 13.5. The van der Waals surface area contributed by atoms with Crippen molar-refractivity contribution in [3.8, 4) is 0 Å². The minimum Gasteiger partial charge on any atom is -0.476 e. The molecule has 1 atom stereocenters. The number of carboxylic acid groups (broad SMARTS) is 1. The lowest BCUT2D eigenvalue weighted by molar-refractivity contribution is -0.163. The lowest BCUT2D eigenvalue weighted by Crippen LogP contribution is -2.24. The van der Waals surface area contributed by atoms with E-state index in [1.165, 1.54) is 0 Å². The zero-order valence-corrected chi connectivity index (χ0v) is 11.3. The van der Waals surface area contributed by atoms with E-state index in [0.29, 0.717) is 19.1 Å². The molecular formula is C13H19N3O4. The number of rotatable bonds is 6. The predicted octanol–water partition coefficient (Wildman–Crippen LogP) is 1.40. The molecule has 1 aliphatic carbocycles. The van der Waals surface area contributed by atoms with E-state index in [0.717, 1.165) is 44.4 Å². The summed E-state index contributed by atoms with van der Waals surface area (Å²) in [6.07, 6.45) is 5.05. The molecule has 1 aromatic heterocycles. The molecule has 0 amide bonds. The highest BCUT2D eigenvalue weighted by Gasteiger charge is 2.33. The van der Waals surface area contributed by atoms with Crippen LogP contribution in [0.1, 0.15) is 54.2 Å². The van der Waals surface area contributed by atoms with E-state index in [9.17, 15) is 4.79 Å². The maximum atomic E-state index is 11.1. The van der Waals surface area contributed by atoms with Gasteiger partial charge in [-0.1, -0.05) is 5.21 Å². The van der Waals surface area contributed by atoms with E-state index in [-0.39, 0.29) is 12.0 Å². The number of nitrogens with zero attached hydrogens (tertiary/aromatic N) is 3. The quantitative estimate of drug-likeness (QED) is 0.848. The SMILES string of the molecule is O=C(O)c1nnn(CCOC2CCCCO2)c1C1CC1. The Kier molecular flexibility index (Phi) is 3.98. The van der Waals surface area contributed by atoms with Crippen LogP contribution in [0, 0.1) is 0 Å². The summed E-state index contributed by atoms with van der Waals surface area (Å²) < 4.78 is 12.8. The standard InChI is InChI=1S/C13H19N3O4/c17-13(18)11-12(9-4-5-9)16(15-14-11)6-8-20-10-3-1-2-7-19-10/h9-10H,1-8H2,(H,17,18). The molecule has 0 aromatic carbocycles. The van der Waals surface area contributed by atoms with Crippen molar-refractivity contribution in [3.63, 3.8) is 0 Å². The number of carboxylic acids is 1. The Labute approximate surface area is 116 Å². The van der Waals surface area contributed by atoms with Crippen LogP contribution in [0.2, 0.25) is 0 Å². The molecule has 7 nitrogen and oxygen atoms in total. The molecule has 0 spiro atoms. The summed E-state index contributed by atoms with van der Waals surface area (Å²) in [6, 6.07) is 0. The minimum atomic E-state index is -1.00. The van der Waals surface area contributed by atoms with Crippen LogP contribution in [0.3, 0.4) is 0 Å². The van der Waals surface area contributed by atoms with Gasteiger partial charge in [0.1, 0.15) is 0 Å². The molecule has 0 bridgehead atoms. The Hall–Kier alpha value is -1.47. The highest BCUT2D eigenvalue weighted by Crippen LogP contribution is 2.41. The van der Waals surface area contributed by atoms with Gasteiger partial charge in [0.2, 0.25) is 0 Å². The van der Waals surface area contributed by atoms with Crippen molar-refractivity contribution in [3.05, 3.63) is 11.4 Å². The fourth-order valence-electron chi connectivity index (χ4n) is 2.51. The number of aromatic carboxylic acids is 1. The minimum absolute atomic E-state index is 0.0846. The summed E-state index contributed by atoms with van der Waals surface area (Å²) in [6.45, 7) is 1.74. The second kappa shape index (κ2) is 5.88. The monoisotopic (exact) mass is 281 g/mol. The number of aromatic nitrogens is 3. The van der Waals surface area contributed by atoms with E-state index in [4.69, 9.17) is 14.6 Å². The predicted molar refractivity (Wildman–Crippen MR) is 68.5 cm³/mol. The number of hydrogen-bond donors (Lipinski definition) is 1. The van der Waals surface area contributed by atoms with Crippen molar-refractivity contribution in [1.29, 1.82) is 0 Å². The highest BCUT2D eigenvalue weighted by molar-refractivity contribution is 5.86. The van der Waals surface area contributed by atoms with Crippen LogP contribution >= 0.6 is 0 Å². The van der Waals surface area contributed by atoms with E-state index >= 15 is 0 Å². The van der Waals surface area contributed by atoms with Crippen molar-refractivity contribution in [1.82, 2.24) is 15.0 Å². The van der Waals surface area contributed by atoms with Gasteiger partial charge in [-0.3, -0.25) is 0 Å². The van der Waals surface area contributed by atoms with Crippen LogP contribution in [0.25, 0.3) is 0 Å². The number of ether oxygens (including phenoxy) is 2. The normalized spacial score (nSPS) is 22.9. The smallest absolute Gasteiger partial charge is 0.358 e. The van der Waals surface area contributed by atoms with Crippen LogP contribution < -0.4 is 0 Å². The van der Waals surface area contributed by atoms with Crippen LogP contribution in [0.4, 0.5) is 0 Å². The first-order valence-corrected chi connectivity index (χ1v) is 7.15. The van der Waals surface area contributed by atoms with Gasteiger partial charge in [0, 0.05) is 12.5 Å². The van der Waals surface area contributed by atoms with Gasteiger partial charge >= 0.3 is 5.97 Å². The molecule has 1 N–H and O–H groups in total. The third-order valence-electron chi connectivity index (χ3n) is 3.68. The van der Waals surface area contributed by atoms with Gasteiger partial charge in [-0.2, -0.15) is 0 Å². The fraction of sp³-hybridized carbons (Fsp3) is 0.769. The Morgan fingerprint density at radius 1 is 1.40 bits per heavy atom. The molecule has 7 heteroatoms. The average molecular weight is 281 g/mol. The summed E-state index contributed by atoms with van der Waals surface area (Å²) in [5, 5.41) is 16.8. The molecule has 110 valence electrons. The Bertz CT molecular complexity index is 478. The largest absolute Gasteiger partial charge is 0.476 e. The molecule has 1 saturated carbocycles. The molecule has 1 aliphatic heterocycles. The summed E-state index contributed by atoms with van der Waals surface area (Å²) >= 11 is 0. The molecule has 0 radical (unpaired) electrons. The Morgan fingerprint density at radius 3 is 2.90 bits per heavy atom. The van der Waals surface area contributed by atoms with E-state index in [2.05, 4.69) is 10.3 Å².